The van der Waals surface area contributed by atoms with Gasteiger partial charge in [0.25, 0.3) is 5.56 Å². The minimum atomic E-state index is -0.418. The maximum Gasteiger partial charge on any atom is 0.348 e. The number of rotatable bonds is 6. The van der Waals surface area contributed by atoms with Crippen molar-refractivity contribution in [3.05, 3.63) is 50.9 Å². The van der Waals surface area contributed by atoms with Crippen LogP contribution in [0.5, 0.6) is 0 Å². The van der Waals surface area contributed by atoms with Crippen molar-refractivity contribution in [1.82, 2.24) is 9.97 Å². The number of H-pyrrole nitrogens is 1. The molecular weight excluding hydrogens is 382 g/mol. The monoisotopic (exact) mass is 403 g/mol. The van der Waals surface area contributed by atoms with Gasteiger partial charge in [-0.3, -0.25) is 4.79 Å². The molecule has 0 spiro atoms. The normalized spacial score (nSPS) is 12.1. The molecule has 1 aromatic carbocycles. The summed E-state index contributed by atoms with van der Waals surface area (Å²) in [7, 11) is 0. The zero-order valence-electron chi connectivity index (χ0n) is 15.6. The lowest BCUT2D eigenvalue weighted by molar-refractivity contribution is 0.0531. The largest absolute Gasteiger partial charge is 0.462 e. The molecule has 0 radical (unpaired) electrons. The van der Waals surface area contributed by atoms with E-state index in [1.54, 1.807) is 25.6 Å². The molecule has 6 nitrogen and oxygen atoms in total. The van der Waals surface area contributed by atoms with Crippen LogP contribution in [-0.2, 0) is 4.74 Å². The standard InChI is InChI=1S/C19H21N3O3S2/c1-5-25-19(24)15-10(2)14-17(23)21-16(22-18(14)27-15)11(3)20-12-7-6-8-13(9-12)26-4/h6-9,11,20H,5H2,1-4H3,(H,21,22,23)/t11-/m0/s1. The third-order valence-corrected chi connectivity index (χ3v) is 6.03. The molecule has 0 amide bonds. The molecule has 8 heteroatoms. The molecule has 2 aromatic heterocycles. The predicted octanol–water partition coefficient (Wildman–Crippen LogP) is 4.36. The van der Waals surface area contributed by atoms with Gasteiger partial charge in [0.15, 0.2) is 0 Å². The molecule has 1 atom stereocenters. The van der Waals surface area contributed by atoms with Crippen LogP contribution in [0.2, 0.25) is 0 Å². The molecule has 0 saturated heterocycles. The second-order valence-electron chi connectivity index (χ2n) is 6.01. The van der Waals surface area contributed by atoms with Gasteiger partial charge in [0, 0.05) is 10.6 Å². The quantitative estimate of drug-likeness (QED) is 0.470. The average Bonchev–Trinajstić information content (AvgIpc) is 2.99. The van der Waals surface area contributed by atoms with Gasteiger partial charge in [-0.25, -0.2) is 9.78 Å². The van der Waals surface area contributed by atoms with Gasteiger partial charge in [0.1, 0.15) is 15.5 Å². The van der Waals surface area contributed by atoms with E-state index in [0.29, 0.717) is 26.5 Å². The molecule has 0 aliphatic rings. The van der Waals surface area contributed by atoms with Crippen molar-refractivity contribution in [2.24, 2.45) is 0 Å². The Balaban J connectivity index is 1.95. The molecule has 0 bridgehead atoms. The number of ether oxygens (including phenoxy) is 1. The molecule has 142 valence electrons. The summed E-state index contributed by atoms with van der Waals surface area (Å²) < 4.78 is 5.07. The van der Waals surface area contributed by atoms with Crippen molar-refractivity contribution in [3.8, 4) is 0 Å². The summed E-state index contributed by atoms with van der Waals surface area (Å²) >= 11 is 2.86. The summed E-state index contributed by atoms with van der Waals surface area (Å²) in [5, 5.41) is 3.80. The van der Waals surface area contributed by atoms with Crippen LogP contribution in [0.4, 0.5) is 5.69 Å². The Kier molecular flexibility index (Phi) is 5.86. The van der Waals surface area contributed by atoms with Crippen LogP contribution in [-0.4, -0.2) is 28.8 Å². The molecule has 0 aliphatic carbocycles. The summed E-state index contributed by atoms with van der Waals surface area (Å²) in [6, 6.07) is 7.84. The Labute approximate surface area is 165 Å². The zero-order valence-corrected chi connectivity index (χ0v) is 17.2. The summed E-state index contributed by atoms with van der Waals surface area (Å²) in [5.74, 6) is 0.109. The lowest BCUT2D eigenvalue weighted by Crippen LogP contribution is -2.17. The Morgan fingerprint density at radius 1 is 1.44 bits per heavy atom. The van der Waals surface area contributed by atoms with Gasteiger partial charge in [0.05, 0.1) is 18.0 Å². The van der Waals surface area contributed by atoms with Crippen LogP contribution in [0.3, 0.4) is 0 Å². The number of carbonyl (C=O) groups excluding carboxylic acids is 1. The van der Waals surface area contributed by atoms with E-state index in [2.05, 4.69) is 15.3 Å². The van der Waals surface area contributed by atoms with E-state index in [0.717, 1.165) is 10.6 Å². The lowest BCUT2D eigenvalue weighted by atomic mass is 10.2. The maximum absolute atomic E-state index is 12.6. The number of fused-ring (bicyclic) bond motifs is 1. The Morgan fingerprint density at radius 3 is 2.93 bits per heavy atom. The number of nitrogens with one attached hydrogen (secondary N) is 2. The zero-order chi connectivity index (χ0) is 19.6. The lowest BCUT2D eigenvalue weighted by Gasteiger charge is -2.15. The fourth-order valence-corrected chi connectivity index (χ4v) is 4.33. The van der Waals surface area contributed by atoms with Crippen LogP contribution in [0, 0.1) is 6.92 Å². The number of esters is 1. The molecule has 3 aromatic rings. The number of aryl methyl sites for hydroxylation is 1. The van der Waals surface area contributed by atoms with Gasteiger partial charge in [-0.15, -0.1) is 23.1 Å². The number of nitrogens with zero attached hydrogens (tertiary/aromatic N) is 1. The van der Waals surface area contributed by atoms with Crippen molar-refractivity contribution >= 4 is 45.0 Å². The first-order valence-electron chi connectivity index (χ1n) is 8.55. The number of hydrogen-bond acceptors (Lipinski definition) is 7. The topological polar surface area (TPSA) is 84.1 Å². The highest BCUT2D eigenvalue weighted by molar-refractivity contribution is 7.98. The van der Waals surface area contributed by atoms with Crippen molar-refractivity contribution < 1.29 is 9.53 Å². The number of aromatic nitrogens is 2. The first-order chi connectivity index (χ1) is 12.9. The first-order valence-corrected chi connectivity index (χ1v) is 10.6. The van der Waals surface area contributed by atoms with Crippen LogP contribution >= 0.6 is 23.1 Å². The second kappa shape index (κ2) is 8.14. The third kappa shape index (κ3) is 4.01. The summed E-state index contributed by atoms with van der Waals surface area (Å²) in [6.45, 7) is 5.72. The molecular formula is C19H21N3O3S2. The van der Waals surface area contributed by atoms with E-state index in [-0.39, 0.29) is 18.2 Å². The Bertz CT molecular complexity index is 1040. The molecule has 2 N–H and O–H groups in total. The summed E-state index contributed by atoms with van der Waals surface area (Å²) in [5.41, 5.74) is 1.32. The van der Waals surface area contributed by atoms with E-state index in [1.165, 1.54) is 11.3 Å². The smallest absolute Gasteiger partial charge is 0.348 e. The molecule has 0 saturated carbocycles. The number of thiophene rings is 1. The molecule has 0 fully saturated rings. The van der Waals surface area contributed by atoms with Crippen LogP contribution in [0.15, 0.2) is 34.0 Å². The minimum absolute atomic E-state index is 0.201. The van der Waals surface area contributed by atoms with E-state index in [1.807, 2.05) is 37.4 Å². The summed E-state index contributed by atoms with van der Waals surface area (Å²) in [4.78, 5) is 34.2. The minimum Gasteiger partial charge on any atom is -0.462 e. The predicted molar refractivity (Wildman–Crippen MR) is 111 cm³/mol. The number of thioether (sulfide) groups is 1. The molecule has 3 rings (SSSR count). The van der Waals surface area contributed by atoms with E-state index in [9.17, 15) is 9.59 Å². The number of benzene rings is 1. The number of aromatic amines is 1. The first kappa shape index (κ1) is 19.4. The number of anilines is 1. The Morgan fingerprint density at radius 2 is 2.22 bits per heavy atom. The van der Waals surface area contributed by atoms with Crippen LogP contribution < -0.4 is 10.9 Å². The maximum atomic E-state index is 12.6. The van der Waals surface area contributed by atoms with Gasteiger partial charge < -0.3 is 15.0 Å². The SMILES string of the molecule is CCOC(=O)c1sc2nc([C@H](C)Nc3cccc(SC)c3)[nH]c(=O)c2c1C. The molecule has 27 heavy (non-hydrogen) atoms. The highest BCUT2D eigenvalue weighted by atomic mass is 32.2. The van der Waals surface area contributed by atoms with Crippen molar-refractivity contribution in [3.63, 3.8) is 0 Å². The van der Waals surface area contributed by atoms with Crippen LogP contribution in [0.1, 0.15) is 40.9 Å². The van der Waals surface area contributed by atoms with Gasteiger partial charge in [-0.05, 0) is 50.8 Å². The molecule has 0 aliphatic heterocycles. The fourth-order valence-electron chi connectivity index (χ4n) is 2.79. The highest BCUT2D eigenvalue weighted by Gasteiger charge is 2.21. The van der Waals surface area contributed by atoms with Crippen molar-refractivity contribution in [2.75, 3.05) is 18.2 Å². The number of carbonyl (C=O) groups is 1. The molecule has 0 unspecified atom stereocenters. The second-order valence-corrected chi connectivity index (χ2v) is 7.88. The highest BCUT2D eigenvalue weighted by Crippen LogP contribution is 2.29. The van der Waals surface area contributed by atoms with E-state index < -0.39 is 5.97 Å². The summed E-state index contributed by atoms with van der Waals surface area (Å²) in [6.07, 6.45) is 2.02. The van der Waals surface area contributed by atoms with Crippen molar-refractivity contribution in [1.29, 1.82) is 0 Å². The third-order valence-electron chi connectivity index (χ3n) is 4.14. The van der Waals surface area contributed by atoms with Gasteiger partial charge >= 0.3 is 5.97 Å². The fraction of sp³-hybridized carbons (Fsp3) is 0.316. The van der Waals surface area contributed by atoms with Crippen LogP contribution in [0.25, 0.3) is 10.2 Å². The van der Waals surface area contributed by atoms with E-state index in [4.69, 9.17) is 4.74 Å². The van der Waals surface area contributed by atoms with Gasteiger partial charge in [-0.2, -0.15) is 0 Å². The van der Waals surface area contributed by atoms with E-state index >= 15 is 0 Å². The Hall–Kier alpha value is -2.32. The van der Waals surface area contributed by atoms with Gasteiger partial charge in [0.2, 0.25) is 0 Å². The van der Waals surface area contributed by atoms with Crippen molar-refractivity contribution in [2.45, 2.75) is 31.7 Å². The number of hydrogen-bond donors (Lipinski definition) is 2. The average molecular weight is 404 g/mol. The molecule has 2 heterocycles. The van der Waals surface area contributed by atoms with Gasteiger partial charge in [-0.1, -0.05) is 6.07 Å².